The summed E-state index contributed by atoms with van der Waals surface area (Å²) in [6.07, 6.45) is 2.05. The van der Waals surface area contributed by atoms with Gasteiger partial charge in [-0.25, -0.2) is 0 Å². The van der Waals surface area contributed by atoms with Gasteiger partial charge >= 0.3 is 0 Å². The molecule has 30 heavy (non-hydrogen) atoms. The number of rotatable bonds is 4. The topological polar surface area (TPSA) is 72.5 Å². The Labute approximate surface area is 173 Å². The lowest BCUT2D eigenvalue weighted by Gasteiger charge is -2.23. The fourth-order valence-corrected chi connectivity index (χ4v) is 4.35. The lowest BCUT2D eigenvalue weighted by molar-refractivity contribution is -0.130. The van der Waals surface area contributed by atoms with Crippen molar-refractivity contribution in [3.63, 3.8) is 0 Å². The maximum absolute atomic E-state index is 13.9. The highest BCUT2D eigenvalue weighted by Gasteiger charge is 2.33. The quantitative estimate of drug-likeness (QED) is 0.722. The van der Waals surface area contributed by atoms with Crippen molar-refractivity contribution < 1.29 is 14.0 Å². The van der Waals surface area contributed by atoms with Gasteiger partial charge in [0, 0.05) is 32.4 Å². The molecule has 1 saturated heterocycles. The average Bonchev–Trinajstić information content (AvgIpc) is 3.48. The summed E-state index contributed by atoms with van der Waals surface area (Å²) in [6.45, 7) is 2.07. The second kappa shape index (κ2) is 7.12. The van der Waals surface area contributed by atoms with Crippen LogP contribution in [0, 0.1) is 5.95 Å². The smallest absolute Gasteiger partial charge is 0.257 e. The van der Waals surface area contributed by atoms with E-state index < -0.39 is 5.95 Å². The highest BCUT2D eigenvalue weighted by molar-refractivity contribution is 6.05. The molecule has 2 aliphatic heterocycles. The second-order valence-electron chi connectivity index (χ2n) is 7.86. The minimum atomic E-state index is -0.485. The van der Waals surface area contributed by atoms with Crippen LogP contribution in [0.4, 0.5) is 15.8 Å². The molecule has 0 radical (unpaired) electrons. The van der Waals surface area contributed by atoms with Crippen LogP contribution in [0.3, 0.4) is 0 Å². The summed E-state index contributed by atoms with van der Waals surface area (Å²) >= 11 is 0. The number of nitrogens with zero attached hydrogens (tertiary/aromatic N) is 4. The number of aromatic amines is 1. The zero-order valence-electron chi connectivity index (χ0n) is 16.7. The number of hydrogen-bond acceptors (Lipinski definition) is 4. The lowest BCUT2D eigenvalue weighted by Crippen LogP contribution is -2.39. The predicted molar refractivity (Wildman–Crippen MR) is 111 cm³/mol. The van der Waals surface area contributed by atoms with Gasteiger partial charge in [-0.1, -0.05) is 12.1 Å². The van der Waals surface area contributed by atoms with Crippen molar-refractivity contribution in [2.75, 3.05) is 31.6 Å². The molecule has 0 saturated carbocycles. The number of amides is 2. The number of likely N-dealkylation sites (tertiary alicyclic amines) is 1. The maximum atomic E-state index is 13.9. The molecular weight excluding hydrogens is 385 g/mol. The van der Waals surface area contributed by atoms with E-state index in [1.807, 2.05) is 41.1 Å². The van der Waals surface area contributed by atoms with Crippen LogP contribution in [0.25, 0.3) is 10.9 Å². The van der Waals surface area contributed by atoms with Crippen molar-refractivity contribution in [2.45, 2.75) is 19.4 Å². The Hall–Kier alpha value is -3.42. The van der Waals surface area contributed by atoms with Crippen LogP contribution < -0.4 is 4.90 Å². The number of hydrogen-bond donors (Lipinski definition) is 1. The Bertz CT molecular complexity index is 1150. The zero-order chi connectivity index (χ0) is 20.8. The van der Waals surface area contributed by atoms with Gasteiger partial charge < -0.3 is 14.7 Å². The minimum absolute atomic E-state index is 0.00412. The van der Waals surface area contributed by atoms with Crippen LogP contribution in [0.15, 0.2) is 36.4 Å². The molecule has 7 nitrogen and oxygen atoms in total. The number of carbonyl (C=O) groups is 2. The monoisotopic (exact) mass is 407 g/mol. The van der Waals surface area contributed by atoms with Gasteiger partial charge in [0.2, 0.25) is 11.9 Å². The van der Waals surface area contributed by atoms with E-state index in [0.29, 0.717) is 23.0 Å². The lowest BCUT2D eigenvalue weighted by atomic mass is 10.1. The van der Waals surface area contributed by atoms with E-state index in [0.717, 1.165) is 42.9 Å². The van der Waals surface area contributed by atoms with E-state index >= 15 is 0 Å². The Morgan fingerprint density at radius 3 is 2.83 bits per heavy atom. The van der Waals surface area contributed by atoms with E-state index in [9.17, 15) is 14.0 Å². The number of anilines is 2. The van der Waals surface area contributed by atoms with E-state index in [4.69, 9.17) is 0 Å². The Kier molecular flexibility index (Phi) is 4.42. The first kappa shape index (κ1) is 18.6. The number of halogens is 1. The van der Waals surface area contributed by atoms with E-state index in [1.54, 1.807) is 17.0 Å². The molecule has 2 amide bonds. The molecule has 3 heterocycles. The van der Waals surface area contributed by atoms with Gasteiger partial charge in [0.05, 0.1) is 22.2 Å². The van der Waals surface area contributed by atoms with Crippen LogP contribution >= 0.6 is 0 Å². The minimum Gasteiger partial charge on any atom is -0.344 e. The molecule has 2 aromatic carbocycles. The van der Waals surface area contributed by atoms with Crippen molar-refractivity contribution >= 4 is 34.1 Å². The molecule has 8 heteroatoms. The molecule has 0 atom stereocenters. The molecular formula is C22H22FN5O2. The number of fused-ring (bicyclic) bond motifs is 2. The van der Waals surface area contributed by atoms with Crippen LogP contribution in [0.5, 0.6) is 0 Å². The fraction of sp³-hybridized carbons (Fsp3) is 0.318. The summed E-state index contributed by atoms with van der Waals surface area (Å²) in [5, 5.41) is 6.66. The predicted octanol–water partition coefficient (Wildman–Crippen LogP) is 3.05. The number of aromatic nitrogens is 2. The van der Waals surface area contributed by atoms with Crippen molar-refractivity contribution in [3.05, 3.63) is 53.5 Å². The zero-order valence-corrected chi connectivity index (χ0v) is 16.7. The summed E-state index contributed by atoms with van der Waals surface area (Å²) in [7, 11) is 1.85. The molecule has 154 valence electrons. The molecule has 1 aromatic heterocycles. The third-order valence-electron chi connectivity index (χ3n) is 6.02. The van der Waals surface area contributed by atoms with Gasteiger partial charge in [-0.2, -0.15) is 9.49 Å². The van der Waals surface area contributed by atoms with E-state index in [2.05, 4.69) is 10.2 Å². The molecule has 5 rings (SSSR count). The summed E-state index contributed by atoms with van der Waals surface area (Å²) in [5.74, 6) is -0.624. The number of nitrogens with one attached hydrogen (secondary N) is 1. The normalized spacial score (nSPS) is 15.9. The van der Waals surface area contributed by atoms with Gasteiger partial charge in [0.25, 0.3) is 5.91 Å². The first-order chi connectivity index (χ1) is 14.5. The van der Waals surface area contributed by atoms with E-state index in [1.165, 1.54) is 0 Å². The molecule has 3 aromatic rings. The first-order valence-corrected chi connectivity index (χ1v) is 10.1. The Morgan fingerprint density at radius 2 is 2.03 bits per heavy atom. The van der Waals surface area contributed by atoms with Crippen molar-refractivity contribution in [1.82, 2.24) is 20.0 Å². The van der Waals surface area contributed by atoms with Crippen molar-refractivity contribution in [3.8, 4) is 0 Å². The van der Waals surface area contributed by atoms with Crippen molar-refractivity contribution in [1.29, 1.82) is 0 Å². The first-order valence-electron chi connectivity index (χ1n) is 10.1. The van der Waals surface area contributed by atoms with Crippen molar-refractivity contribution in [2.24, 2.45) is 0 Å². The number of H-pyrrole nitrogens is 1. The van der Waals surface area contributed by atoms with Gasteiger partial charge in [-0.3, -0.25) is 14.7 Å². The largest absolute Gasteiger partial charge is 0.344 e. The number of carbonyl (C=O) groups excluding carboxylic acids is 2. The molecule has 0 aliphatic carbocycles. The standard InChI is InChI=1S/C22H22FN5O2/c1-26(15-7-8-17-16(11-15)21(23)25-24-17)18-6-4-5-14-12-28(22(30)20(14)18)13-19(29)27-9-2-3-10-27/h4-8,11H,2-3,9-10,12-13H2,1H3,(H,24,25). The molecule has 0 bridgehead atoms. The molecule has 0 spiro atoms. The third-order valence-corrected chi connectivity index (χ3v) is 6.02. The molecule has 0 unspecified atom stereocenters. The molecule has 1 fully saturated rings. The molecule has 1 N–H and O–H groups in total. The third kappa shape index (κ3) is 2.99. The SMILES string of the molecule is CN(c1ccc2n[nH]c(F)c2c1)c1cccc2c1C(=O)N(CC(=O)N1CCCC1)C2. The van der Waals surface area contributed by atoms with Crippen LogP contribution in [0.2, 0.25) is 0 Å². The fourth-order valence-electron chi connectivity index (χ4n) is 4.35. The van der Waals surface area contributed by atoms with Gasteiger partial charge in [-0.15, -0.1) is 0 Å². The Morgan fingerprint density at radius 1 is 1.23 bits per heavy atom. The summed E-state index contributed by atoms with van der Waals surface area (Å²) in [5.41, 5.74) is 3.52. The highest BCUT2D eigenvalue weighted by Crippen LogP contribution is 2.35. The maximum Gasteiger partial charge on any atom is 0.257 e. The molecule has 2 aliphatic rings. The average molecular weight is 407 g/mol. The summed E-state index contributed by atoms with van der Waals surface area (Å²) < 4.78 is 13.9. The van der Waals surface area contributed by atoms with Crippen LogP contribution in [0.1, 0.15) is 28.8 Å². The van der Waals surface area contributed by atoms with Crippen LogP contribution in [-0.4, -0.2) is 58.5 Å². The summed E-state index contributed by atoms with van der Waals surface area (Å²) in [6, 6.07) is 11.0. The van der Waals surface area contributed by atoms with Crippen LogP contribution in [-0.2, 0) is 11.3 Å². The second-order valence-corrected chi connectivity index (χ2v) is 7.86. The number of benzene rings is 2. The highest BCUT2D eigenvalue weighted by atomic mass is 19.1. The summed E-state index contributed by atoms with van der Waals surface area (Å²) in [4.78, 5) is 31.0. The Balaban J connectivity index is 1.43. The van der Waals surface area contributed by atoms with Gasteiger partial charge in [0.15, 0.2) is 0 Å². The van der Waals surface area contributed by atoms with Gasteiger partial charge in [-0.05, 0) is 42.7 Å². The van der Waals surface area contributed by atoms with E-state index in [-0.39, 0.29) is 18.4 Å². The van der Waals surface area contributed by atoms with Gasteiger partial charge in [0.1, 0.15) is 6.54 Å².